The molecule has 0 saturated heterocycles. The molecule has 0 bridgehead atoms. The van der Waals surface area contributed by atoms with Gasteiger partial charge in [-0.1, -0.05) is 18.2 Å². The molecule has 0 N–H and O–H groups in total. The molecule has 0 fully saturated rings. The highest BCUT2D eigenvalue weighted by Crippen LogP contribution is 2.21. The third-order valence-electron chi connectivity index (χ3n) is 2.80. The largest absolute Gasteiger partial charge is 0.306 e. The fraction of sp³-hybridized carbons (Fsp3) is 0.0714. The van der Waals surface area contributed by atoms with Gasteiger partial charge in [-0.25, -0.2) is 9.37 Å². The molecule has 0 aliphatic rings. The van der Waals surface area contributed by atoms with E-state index in [1.807, 2.05) is 47.1 Å². The van der Waals surface area contributed by atoms with Gasteiger partial charge < -0.3 is 4.40 Å². The maximum Gasteiger partial charge on any atom is 0.136 e. The van der Waals surface area contributed by atoms with Gasteiger partial charge in [-0.15, -0.1) is 0 Å². The lowest BCUT2D eigenvalue weighted by Gasteiger charge is -2.04. The molecule has 3 aromatic rings. The molecule has 2 heterocycles. The van der Waals surface area contributed by atoms with Crippen LogP contribution in [0.5, 0.6) is 0 Å². The summed E-state index contributed by atoms with van der Waals surface area (Å²) in [6.45, 7) is -0.429. The molecule has 1 aromatic carbocycles. The molecule has 0 amide bonds. The Hall–Kier alpha value is -2.16. The summed E-state index contributed by atoms with van der Waals surface area (Å²) >= 11 is 0. The van der Waals surface area contributed by atoms with E-state index >= 15 is 0 Å². The van der Waals surface area contributed by atoms with Gasteiger partial charge in [0.05, 0.1) is 0 Å². The normalized spacial score (nSPS) is 10.9. The Morgan fingerprint density at radius 1 is 1.12 bits per heavy atom. The SMILES string of the molecule is FCc1cccc(-c2ccc3nccn3c2)c1. The Labute approximate surface area is 98.4 Å². The van der Waals surface area contributed by atoms with E-state index in [2.05, 4.69) is 4.98 Å². The first-order valence-corrected chi connectivity index (χ1v) is 5.45. The van der Waals surface area contributed by atoms with E-state index in [0.29, 0.717) is 5.56 Å². The van der Waals surface area contributed by atoms with Crippen molar-refractivity contribution in [3.05, 3.63) is 60.6 Å². The third-order valence-corrected chi connectivity index (χ3v) is 2.80. The zero-order valence-corrected chi connectivity index (χ0v) is 9.18. The Morgan fingerprint density at radius 3 is 2.94 bits per heavy atom. The van der Waals surface area contributed by atoms with Crippen molar-refractivity contribution in [2.75, 3.05) is 0 Å². The second-order valence-electron chi connectivity index (χ2n) is 3.94. The van der Waals surface area contributed by atoms with Gasteiger partial charge in [-0.3, -0.25) is 0 Å². The molecule has 2 nitrogen and oxygen atoms in total. The van der Waals surface area contributed by atoms with Gasteiger partial charge in [0.1, 0.15) is 12.3 Å². The van der Waals surface area contributed by atoms with Crippen molar-refractivity contribution < 1.29 is 4.39 Å². The highest BCUT2D eigenvalue weighted by Gasteiger charge is 2.01. The number of rotatable bonds is 2. The average Bonchev–Trinajstić information content (AvgIpc) is 2.86. The minimum absolute atomic E-state index is 0.429. The summed E-state index contributed by atoms with van der Waals surface area (Å²) in [5, 5.41) is 0. The van der Waals surface area contributed by atoms with Crippen LogP contribution in [0.4, 0.5) is 4.39 Å². The lowest BCUT2D eigenvalue weighted by Crippen LogP contribution is -1.86. The Bertz CT molecular complexity index is 658. The smallest absolute Gasteiger partial charge is 0.136 e. The second kappa shape index (κ2) is 4.01. The minimum atomic E-state index is -0.429. The molecule has 84 valence electrons. The minimum Gasteiger partial charge on any atom is -0.306 e. The number of aromatic nitrogens is 2. The topological polar surface area (TPSA) is 17.3 Å². The number of halogens is 1. The van der Waals surface area contributed by atoms with Crippen LogP contribution in [0.2, 0.25) is 0 Å². The van der Waals surface area contributed by atoms with Crippen molar-refractivity contribution in [2.45, 2.75) is 6.67 Å². The number of nitrogens with zero attached hydrogens (tertiary/aromatic N) is 2. The van der Waals surface area contributed by atoms with Crippen molar-refractivity contribution >= 4 is 5.65 Å². The number of hydrogen-bond donors (Lipinski definition) is 0. The standard InChI is InChI=1S/C14H11FN2/c15-9-11-2-1-3-12(8-11)13-4-5-14-16-6-7-17(14)10-13/h1-8,10H,9H2. The number of pyridine rings is 1. The average molecular weight is 226 g/mol. The summed E-state index contributed by atoms with van der Waals surface area (Å²) in [6, 6.07) is 11.5. The van der Waals surface area contributed by atoms with Crippen molar-refractivity contribution in [2.24, 2.45) is 0 Å². The van der Waals surface area contributed by atoms with Crippen LogP contribution in [0, 0.1) is 0 Å². The first-order chi connectivity index (χ1) is 8.36. The molecule has 0 spiro atoms. The van der Waals surface area contributed by atoms with Crippen molar-refractivity contribution in [3.8, 4) is 11.1 Å². The molecule has 0 saturated carbocycles. The van der Waals surface area contributed by atoms with Crippen LogP contribution in [0.3, 0.4) is 0 Å². The molecule has 0 aliphatic heterocycles. The van der Waals surface area contributed by atoms with Crippen LogP contribution in [-0.4, -0.2) is 9.38 Å². The fourth-order valence-electron chi connectivity index (χ4n) is 1.92. The van der Waals surface area contributed by atoms with Crippen LogP contribution in [0.1, 0.15) is 5.56 Å². The van der Waals surface area contributed by atoms with E-state index in [9.17, 15) is 4.39 Å². The van der Waals surface area contributed by atoms with E-state index < -0.39 is 6.67 Å². The van der Waals surface area contributed by atoms with E-state index in [0.717, 1.165) is 16.8 Å². The molecule has 2 aromatic heterocycles. The summed E-state index contributed by atoms with van der Waals surface area (Å²) in [4.78, 5) is 4.19. The quantitative estimate of drug-likeness (QED) is 0.654. The molecule has 3 heteroatoms. The summed E-state index contributed by atoms with van der Waals surface area (Å²) in [5.41, 5.74) is 3.70. The predicted octanol–water partition coefficient (Wildman–Crippen LogP) is 3.47. The number of hydrogen-bond acceptors (Lipinski definition) is 1. The van der Waals surface area contributed by atoms with Gasteiger partial charge in [0, 0.05) is 18.6 Å². The first-order valence-electron chi connectivity index (χ1n) is 5.45. The zero-order valence-electron chi connectivity index (χ0n) is 9.18. The van der Waals surface area contributed by atoms with E-state index in [-0.39, 0.29) is 0 Å². The van der Waals surface area contributed by atoms with Gasteiger partial charge in [0.15, 0.2) is 0 Å². The third kappa shape index (κ3) is 1.80. The molecule has 0 radical (unpaired) electrons. The monoisotopic (exact) mass is 226 g/mol. The molecule has 0 unspecified atom stereocenters. The molecular weight excluding hydrogens is 215 g/mol. The predicted molar refractivity (Wildman–Crippen MR) is 65.4 cm³/mol. The van der Waals surface area contributed by atoms with Crippen molar-refractivity contribution in [1.29, 1.82) is 0 Å². The van der Waals surface area contributed by atoms with Gasteiger partial charge >= 0.3 is 0 Å². The van der Waals surface area contributed by atoms with Crippen LogP contribution in [0.15, 0.2) is 55.0 Å². The van der Waals surface area contributed by atoms with Crippen molar-refractivity contribution in [3.63, 3.8) is 0 Å². The molecule has 0 aliphatic carbocycles. The Kier molecular flexibility index (Phi) is 2.37. The second-order valence-corrected chi connectivity index (χ2v) is 3.94. The summed E-state index contributed by atoms with van der Waals surface area (Å²) in [7, 11) is 0. The van der Waals surface area contributed by atoms with Gasteiger partial charge in [-0.2, -0.15) is 0 Å². The molecule has 0 atom stereocenters. The van der Waals surface area contributed by atoms with Gasteiger partial charge in [-0.05, 0) is 34.9 Å². The number of fused-ring (bicyclic) bond motifs is 1. The number of benzene rings is 1. The van der Waals surface area contributed by atoms with Crippen LogP contribution in [0.25, 0.3) is 16.8 Å². The summed E-state index contributed by atoms with van der Waals surface area (Å²) in [5.74, 6) is 0. The van der Waals surface area contributed by atoms with E-state index in [4.69, 9.17) is 0 Å². The molecular formula is C14H11FN2. The van der Waals surface area contributed by atoms with Crippen LogP contribution >= 0.6 is 0 Å². The first kappa shape index (κ1) is 10.0. The Morgan fingerprint density at radius 2 is 2.06 bits per heavy atom. The van der Waals surface area contributed by atoms with Crippen LogP contribution < -0.4 is 0 Å². The number of imidazole rings is 1. The maximum absolute atomic E-state index is 12.6. The molecule has 17 heavy (non-hydrogen) atoms. The maximum atomic E-state index is 12.6. The highest BCUT2D eigenvalue weighted by atomic mass is 19.1. The van der Waals surface area contributed by atoms with Crippen LogP contribution in [-0.2, 0) is 6.67 Å². The van der Waals surface area contributed by atoms with Crippen molar-refractivity contribution in [1.82, 2.24) is 9.38 Å². The lowest BCUT2D eigenvalue weighted by atomic mass is 10.1. The van der Waals surface area contributed by atoms with Gasteiger partial charge in [0.2, 0.25) is 0 Å². The molecule has 3 rings (SSSR count). The summed E-state index contributed by atoms with van der Waals surface area (Å²) < 4.78 is 14.6. The highest BCUT2D eigenvalue weighted by molar-refractivity contribution is 5.65. The fourth-order valence-corrected chi connectivity index (χ4v) is 1.92. The van der Waals surface area contributed by atoms with E-state index in [1.54, 1.807) is 12.3 Å². The number of alkyl halides is 1. The van der Waals surface area contributed by atoms with Gasteiger partial charge in [0.25, 0.3) is 0 Å². The zero-order chi connectivity index (χ0) is 11.7. The van der Waals surface area contributed by atoms with E-state index in [1.165, 1.54) is 0 Å². The Balaban J connectivity index is 2.12. The lowest BCUT2D eigenvalue weighted by molar-refractivity contribution is 0.485. The summed E-state index contributed by atoms with van der Waals surface area (Å²) in [6.07, 6.45) is 5.66.